The number of hydrogen-bond acceptors (Lipinski definition) is 3. The van der Waals surface area contributed by atoms with Gasteiger partial charge in [0.05, 0.1) is 11.3 Å². The quantitative estimate of drug-likeness (QED) is 0.887. The number of amides is 2. The minimum Gasteiger partial charge on any atom is -0.367 e. The zero-order chi connectivity index (χ0) is 13.9. The Morgan fingerprint density at radius 3 is 2.55 bits per heavy atom. The second-order valence-electron chi connectivity index (χ2n) is 5.33. The van der Waals surface area contributed by atoms with Crippen molar-refractivity contribution in [1.29, 1.82) is 5.26 Å². The summed E-state index contributed by atoms with van der Waals surface area (Å²) in [5.74, 6) is 0. The van der Waals surface area contributed by atoms with Crippen LogP contribution in [0.15, 0.2) is 24.3 Å². The van der Waals surface area contributed by atoms with E-state index in [1.54, 1.807) is 0 Å². The zero-order valence-corrected chi connectivity index (χ0v) is 11.4. The Morgan fingerprint density at radius 1 is 1.20 bits per heavy atom. The molecule has 0 aromatic heterocycles. The molecule has 2 amide bonds. The summed E-state index contributed by atoms with van der Waals surface area (Å²) >= 11 is 0. The lowest BCUT2D eigenvalue weighted by molar-refractivity contribution is 0.194. The molecule has 1 saturated carbocycles. The molecule has 1 N–H and O–H groups in total. The van der Waals surface area contributed by atoms with Crippen molar-refractivity contribution in [3.8, 4) is 6.07 Å². The van der Waals surface area contributed by atoms with E-state index in [4.69, 9.17) is 5.26 Å². The molecule has 1 saturated heterocycles. The number of nitriles is 1. The van der Waals surface area contributed by atoms with Gasteiger partial charge in [0.1, 0.15) is 6.07 Å². The molecule has 1 aliphatic heterocycles. The van der Waals surface area contributed by atoms with Crippen LogP contribution in [0.1, 0.15) is 18.4 Å². The van der Waals surface area contributed by atoms with Crippen LogP contribution in [-0.2, 0) is 0 Å². The summed E-state index contributed by atoms with van der Waals surface area (Å²) in [5, 5.41) is 12.2. The van der Waals surface area contributed by atoms with Gasteiger partial charge in [-0.05, 0) is 25.0 Å². The van der Waals surface area contributed by atoms with E-state index in [1.165, 1.54) is 0 Å². The fourth-order valence-electron chi connectivity index (χ4n) is 2.49. The van der Waals surface area contributed by atoms with E-state index in [-0.39, 0.29) is 6.03 Å². The number of anilines is 1. The van der Waals surface area contributed by atoms with Gasteiger partial charge in [-0.25, -0.2) is 4.79 Å². The summed E-state index contributed by atoms with van der Waals surface area (Å²) in [5.41, 5.74) is 1.67. The number of rotatable bonds is 2. The molecule has 1 heterocycles. The lowest BCUT2D eigenvalue weighted by Gasteiger charge is -2.36. The first kappa shape index (κ1) is 12.8. The van der Waals surface area contributed by atoms with Gasteiger partial charge in [-0.15, -0.1) is 0 Å². The number of benzene rings is 1. The molecule has 0 bridgehead atoms. The third kappa shape index (κ3) is 2.69. The van der Waals surface area contributed by atoms with Crippen molar-refractivity contribution < 1.29 is 4.79 Å². The largest absolute Gasteiger partial charge is 0.367 e. The van der Waals surface area contributed by atoms with E-state index >= 15 is 0 Å². The van der Waals surface area contributed by atoms with Gasteiger partial charge in [0.2, 0.25) is 0 Å². The molecule has 0 radical (unpaired) electrons. The molecular formula is C15H18N4O. The SMILES string of the molecule is N#Cc1ccccc1N1CCN(C(=O)NC2CC2)CC1. The minimum absolute atomic E-state index is 0.0562. The molecule has 1 aromatic rings. The molecule has 104 valence electrons. The summed E-state index contributed by atoms with van der Waals surface area (Å²) in [6.45, 7) is 2.96. The van der Waals surface area contributed by atoms with Crippen LogP contribution in [0.5, 0.6) is 0 Å². The summed E-state index contributed by atoms with van der Waals surface area (Å²) in [6, 6.07) is 10.3. The van der Waals surface area contributed by atoms with Crippen LogP contribution in [0.4, 0.5) is 10.5 Å². The maximum absolute atomic E-state index is 12.0. The zero-order valence-electron chi connectivity index (χ0n) is 11.4. The smallest absolute Gasteiger partial charge is 0.317 e. The maximum atomic E-state index is 12.0. The predicted molar refractivity (Wildman–Crippen MR) is 76.5 cm³/mol. The van der Waals surface area contributed by atoms with E-state index in [2.05, 4.69) is 16.3 Å². The molecule has 0 unspecified atom stereocenters. The van der Waals surface area contributed by atoms with Crippen LogP contribution in [0.25, 0.3) is 0 Å². The van der Waals surface area contributed by atoms with Gasteiger partial charge >= 0.3 is 6.03 Å². The highest BCUT2D eigenvalue weighted by Crippen LogP contribution is 2.22. The average molecular weight is 270 g/mol. The Kier molecular flexibility index (Phi) is 3.46. The fourth-order valence-corrected chi connectivity index (χ4v) is 2.49. The molecule has 1 aliphatic carbocycles. The van der Waals surface area contributed by atoms with Gasteiger partial charge in [0.15, 0.2) is 0 Å². The van der Waals surface area contributed by atoms with Gasteiger partial charge in [0, 0.05) is 32.2 Å². The number of piperazine rings is 1. The van der Waals surface area contributed by atoms with Crippen LogP contribution < -0.4 is 10.2 Å². The summed E-state index contributed by atoms with van der Waals surface area (Å²) in [4.78, 5) is 16.0. The Balaban J connectivity index is 1.60. The van der Waals surface area contributed by atoms with Crippen molar-refractivity contribution in [1.82, 2.24) is 10.2 Å². The molecular weight excluding hydrogens is 252 g/mol. The van der Waals surface area contributed by atoms with Crippen LogP contribution in [-0.4, -0.2) is 43.2 Å². The monoisotopic (exact) mass is 270 g/mol. The highest BCUT2D eigenvalue weighted by atomic mass is 16.2. The molecule has 5 nitrogen and oxygen atoms in total. The van der Waals surface area contributed by atoms with E-state index in [9.17, 15) is 4.79 Å². The second-order valence-corrected chi connectivity index (χ2v) is 5.33. The molecule has 5 heteroatoms. The lowest BCUT2D eigenvalue weighted by Crippen LogP contribution is -2.52. The Bertz CT molecular complexity index is 539. The number of nitrogens with one attached hydrogen (secondary N) is 1. The van der Waals surface area contributed by atoms with Crippen molar-refractivity contribution in [2.45, 2.75) is 18.9 Å². The third-order valence-electron chi connectivity index (χ3n) is 3.84. The molecule has 2 fully saturated rings. The highest BCUT2D eigenvalue weighted by Gasteiger charge is 2.28. The molecule has 20 heavy (non-hydrogen) atoms. The van der Waals surface area contributed by atoms with Gasteiger partial charge in [-0.3, -0.25) is 0 Å². The number of hydrogen-bond donors (Lipinski definition) is 1. The fraction of sp³-hybridized carbons (Fsp3) is 0.467. The Labute approximate surface area is 118 Å². The topological polar surface area (TPSA) is 59.4 Å². The van der Waals surface area contributed by atoms with Gasteiger partial charge in [-0.1, -0.05) is 12.1 Å². The van der Waals surface area contributed by atoms with Crippen molar-refractivity contribution in [2.75, 3.05) is 31.1 Å². The van der Waals surface area contributed by atoms with Crippen LogP contribution in [0, 0.1) is 11.3 Å². The third-order valence-corrected chi connectivity index (χ3v) is 3.84. The van der Waals surface area contributed by atoms with Gasteiger partial charge in [0.25, 0.3) is 0 Å². The van der Waals surface area contributed by atoms with Gasteiger partial charge in [-0.2, -0.15) is 5.26 Å². The van der Waals surface area contributed by atoms with E-state index < -0.39 is 0 Å². The molecule has 3 rings (SSSR count). The van der Waals surface area contributed by atoms with E-state index in [0.29, 0.717) is 24.7 Å². The second kappa shape index (κ2) is 5.41. The van der Waals surface area contributed by atoms with E-state index in [1.807, 2.05) is 29.2 Å². The van der Waals surface area contributed by atoms with Crippen LogP contribution in [0.2, 0.25) is 0 Å². The van der Waals surface area contributed by atoms with Crippen molar-refractivity contribution in [3.63, 3.8) is 0 Å². The van der Waals surface area contributed by atoms with Crippen molar-refractivity contribution in [3.05, 3.63) is 29.8 Å². The normalized spacial score (nSPS) is 18.6. The van der Waals surface area contributed by atoms with E-state index in [0.717, 1.165) is 31.6 Å². The first-order valence-corrected chi connectivity index (χ1v) is 7.07. The highest BCUT2D eigenvalue weighted by molar-refractivity contribution is 5.75. The standard InChI is InChI=1S/C15H18N4O/c16-11-12-3-1-2-4-14(12)18-7-9-19(10-8-18)15(20)17-13-5-6-13/h1-4,13H,5-10H2,(H,17,20). The first-order valence-electron chi connectivity index (χ1n) is 7.07. The summed E-state index contributed by atoms with van der Waals surface area (Å²) in [6.07, 6.45) is 2.22. The predicted octanol–water partition coefficient (Wildman–Crippen LogP) is 1.55. The number of urea groups is 1. The summed E-state index contributed by atoms with van der Waals surface area (Å²) in [7, 11) is 0. The Morgan fingerprint density at radius 2 is 1.90 bits per heavy atom. The first-order chi connectivity index (χ1) is 9.78. The van der Waals surface area contributed by atoms with Crippen molar-refractivity contribution >= 4 is 11.7 Å². The number of para-hydroxylation sites is 1. The van der Waals surface area contributed by atoms with Crippen LogP contribution >= 0.6 is 0 Å². The number of carbonyl (C=O) groups excluding carboxylic acids is 1. The molecule has 2 aliphatic rings. The van der Waals surface area contributed by atoms with Crippen molar-refractivity contribution in [2.24, 2.45) is 0 Å². The lowest BCUT2D eigenvalue weighted by atomic mass is 10.1. The number of nitrogens with zero attached hydrogens (tertiary/aromatic N) is 3. The van der Waals surface area contributed by atoms with Crippen LogP contribution in [0.3, 0.4) is 0 Å². The minimum atomic E-state index is 0.0562. The maximum Gasteiger partial charge on any atom is 0.317 e. The average Bonchev–Trinajstić information content (AvgIpc) is 3.31. The Hall–Kier alpha value is -2.22. The molecule has 0 spiro atoms. The molecule has 1 aromatic carbocycles. The summed E-state index contributed by atoms with van der Waals surface area (Å²) < 4.78 is 0. The molecule has 0 atom stereocenters. The number of carbonyl (C=O) groups is 1. The van der Waals surface area contributed by atoms with Gasteiger partial charge < -0.3 is 15.1 Å².